The summed E-state index contributed by atoms with van der Waals surface area (Å²) in [6.45, 7) is 8.54. The molecule has 2 aliphatic heterocycles. The van der Waals surface area contributed by atoms with E-state index in [1.165, 1.54) is 24.8 Å². The van der Waals surface area contributed by atoms with Gasteiger partial charge >= 0.3 is 0 Å². The van der Waals surface area contributed by atoms with E-state index >= 15 is 0 Å². The van der Waals surface area contributed by atoms with E-state index in [-0.39, 0.29) is 0 Å². The van der Waals surface area contributed by atoms with Crippen LogP contribution in [0.2, 0.25) is 0 Å². The van der Waals surface area contributed by atoms with Gasteiger partial charge in [0.25, 0.3) is 0 Å². The first-order chi connectivity index (χ1) is 16.6. The van der Waals surface area contributed by atoms with Gasteiger partial charge in [0.05, 0.1) is 0 Å². The zero-order chi connectivity index (χ0) is 23.8. The molecule has 0 N–H and O–H groups in total. The van der Waals surface area contributed by atoms with Crippen molar-refractivity contribution in [1.29, 1.82) is 0 Å². The van der Waals surface area contributed by atoms with Gasteiger partial charge in [-0.3, -0.25) is 4.79 Å². The summed E-state index contributed by atoms with van der Waals surface area (Å²) in [5.41, 5.74) is 1.40. The SMILES string of the molecule is CCN(CC1CCN(C(=O)C2CCCCC2)CC1)C(C)CC1=COC=C(CC2=CC=CCC2)O1. The molecule has 0 aromatic carbocycles. The monoisotopic (exact) mass is 468 g/mol. The normalized spacial score (nSPS) is 23.0. The molecule has 0 aromatic heterocycles. The Morgan fingerprint density at radius 2 is 1.88 bits per heavy atom. The number of ether oxygens (including phenoxy) is 2. The zero-order valence-electron chi connectivity index (χ0n) is 21.3. The molecular formula is C29H44N2O3. The molecule has 4 aliphatic rings. The summed E-state index contributed by atoms with van der Waals surface area (Å²) < 4.78 is 11.8. The maximum absolute atomic E-state index is 12.9. The average molecular weight is 469 g/mol. The molecule has 1 unspecified atom stereocenters. The van der Waals surface area contributed by atoms with Gasteiger partial charge in [-0.1, -0.05) is 50.0 Å². The first-order valence-corrected chi connectivity index (χ1v) is 13.7. The number of allylic oxidation sites excluding steroid dienone is 4. The molecule has 188 valence electrons. The Morgan fingerprint density at radius 1 is 1.12 bits per heavy atom. The highest BCUT2D eigenvalue weighted by atomic mass is 16.5. The Bertz CT molecular complexity index is 798. The number of carbonyl (C=O) groups is 1. The number of piperidine rings is 1. The predicted molar refractivity (Wildman–Crippen MR) is 137 cm³/mol. The van der Waals surface area contributed by atoms with Gasteiger partial charge in [-0.2, -0.15) is 0 Å². The molecule has 2 aliphatic carbocycles. The molecule has 5 heteroatoms. The fourth-order valence-corrected chi connectivity index (χ4v) is 5.91. The van der Waals surface area contributed by atoms with Crippen molar-refractivity contribution >= 4 is 5.91 Å². The van der Waals surface area contributed by atoms with Crippen molar-refractivity contribution in [2.75, 3.05) is 26.2 Å². The van der Waals surface area contributed by atoms with Gasteiger partial charge in [0.2, 0.25) is 5.91 Å². The summed E-state index contributed by atoms with van der Waals surface area (Å²) in [7, 11) is 0. The second kappa shape index (κ2) is 12.6. The van der Waals surface area contributed by atoms with E-state index in [2.05, 4.69) is 41.9 Å². The van der Waals surface area contributed by atoms with E-state index < -0.39 is 0 Å². The number of hydrogen-bond acceptors (Lipinski definition) is 4. The van der Waals surface area contributed by atoms with E-state index in [4.69, 9.17) is 9.47 Å². The van der Waals surface area contributed by atoms with Crippen molar-refractivity contribution in [3.05, 3.63) is 47.8 Å². The van der Waals surface area contributed by atoms with Crippen LogP contribution in [0, 0.1) is 11.8 Å². The molecule has 1 saturated carbocycles. The van der Waals surface area contributed by atoms with Crippen LogP contribution in [-0.4, -0.2) is 47.9 Å². The maximum Gasteiger partial charge on any atom is 0.225 e. The van der Waals surface area contributed by atoms with Crippen LogP contribution in [0.1, 0.15) is 84.5 Å². The Balaban J connectivity index is 1.20. The molecule has 0 aromatic rings. The second-order valence-corrected chi connectivity index (χ2v) is 10.6. The fraction of sp³-hybridized carbons (Fsp3) is 0.690. The molecule has 1 atom stereocenters. The average Bonchev–Trinajstić information content (AvgIpc) is 2.88. The maximum atomic E-state index is 12.9. The summed E-state index contributed by atoms with van der Waals surface area (Å²) in [6.07, 6.45) is 22.2. The quantitative estimate of drug-likeness (QED) is 0.398. The highest BCUT2D eigenvalue weighted by Crippen LogP contribution is 2.29. The van der Waals surface area contributed by atoms with Gasteiger partial charge in [0, 0.05) is 44.4 Å². The smallest absolute Gasteiger partial charge is 0.225 e. The lowest BCUT2D eigenvalue weighted by Gasteiger charge is -2.38. The number of likely N-dealkylation sites (tertiary alicyclic amines) is 1. The Morgan fingerprint density at radius 3 is 2.59 bits per heavy atom. The van der Waals surface area contributed by atoms with Crippen molar-refractivity contribution < 1.29 is 14.3 Å². The third-order valence-electron chi connectivity index (χ3n) is 8.06. The van der Waals surface area contributed by atoms with E-state index in [1.54, 1.807) is 12.5 Å². The van der Waals surface area contributed by atoms with Gasteiger partial charge in [-0.05, 0) is 57.9 Å². The van der Waals surface area contributed by atoms with Crippen LogP contribution < -0.4 is 0 Å². The summed E-state index contributed by atoms with van der Waals surface area (Å²) in [5, 5.41) is 0. The number of hydrogen-bond donors (Lipinski definition) is 0. The topological polar surface area (TPSA) is 42.0 Å². The number of amides is 1. The van der Waals surface area contributed by atoms with Gasteiger partial charge in [-0.15, -0.1) is 0 Å². The lowest BCUT2D eigenvalue weighted by molar-refractivity contribution is -0.138. The van der Waals surface area contributed by atoms with Crippen molar-refractivity contribution in [1.82, 2.24) is 9.80 Å². The minimum Gasteiger partial charge on any atom is -0.466 e. The molecule has 0 radical (unpaired) electrons. The molecular weight excluding hydrogens is 424 g/mol. The molecule has 34 heavy (non-hydrogen) atoms. The molecule has 5 nitrogen and oxygen atoms in total. The predicted octanol–water partition coefficient (Wildman–Crippen LogP) is 6.30. The van der Waals surface area contributed by atoms with Crippen LogP contribution >= 0.6 is 0 Å². The third-order valence-corrected chi connectivity index (χ3v) is 8.06. The lowest BCUT2D eigenvalue weighted by atomic mass is 9.87. The molecule has 2 heterocycles. The minimum atomic E-state index is 0.299. The van der Waals surface area contributed by atoms with Crippen LogP contribution in [0.4, 0.5) is 0 Å². The molecule has 1 amide bonds. The van der Waals surface area contributed by atoms with Crippen molar-refractivity contribution in [2.45, 2.75) is 90.5 Å². The summed E-state index contributed by atoms with van der Waals surface area (Å²) >= 11 is 0. The van der Waals surface area contributed by atoms with Crippen molar-refractivity contribution in [2.24, 2.45) is 11.8 Å². The Hall–Kier alpha value is -2.01. The van der Waals surface area contributed by atoms with Crippen LogP contribution in [0.15, 0.2) is 47.8 Å². The number of rotatable bonds is 9. The highest BCUT2D eigenvalue weighted by molar-refractivity contribution is 5.79. The van der Waals surface area contributed by atoms with Gasteiger partial charge in [0.15, 0.2) is 0 Å². The van der Waals surface area contributed by atoms with Crippen molar-refractivity contribution in [3.63, 3.8) is 0 Å². The van der Waals surface area contributed by atoms with E-state index in [0.717, 1.165) is 89.1 Å². The molecule has 4 rings (SSSR count). The molecule has 0 spiro atoms. The molecule has 0 bridgehead atoms. The van der Waals surface area contributed by atoms with E-state index in [9.17, 15) is 4.79 Å². The number of carbonyl (C=O) groups excluding carboxylic acids is 1. The largest absolute Gasteiger partial charge is 0.466 e. The lowest BCUT2D eigenvalue weighted by Crippen LogP contribution is -2.45. The van der Waals surface area contributed by atoms with Gasteiger partial charge in [-0.25, -0.2) is 0 Å². The highest BCUT2D eigenvalue weighted by Gasteiger charge is 2.30. The first-order valence-electron chi connectivity index (χ1n) is 13.7. The van der Waals surface area contributed by atoms with Crippen molar-refractivity contribution in [3.8, 4) is 0 Å². The molecule has 1 saturated heterocycles. The van der Waals surface area contributed by atoms with Crippen LogP contribution in [0.25, 0.3) is 0 Å². The fourth-order valence-electron chi connectivity index (χ4n) is 5.91. The summed E-state index contributed by atoms with van der Waals surface area (Å²) in [6, 6.07) is 0.387. The Labute approximate surface area is 206 Å². The minimum absolute atomic E-state index is 0.299. The molecule has 2 fully saturated rings. The van der Waals surface area contributed by atoms with Crippen LogP contribution in [0.3, 0.4) is 0 Å². The van der Waals surface area contributed by atoms with Gasteiger partial charge < -0.3 is 19.3 Å². The summed E-state index contributed by atoms with van der Waals surface area (Å²) in [4.78, 5) is 17.6. The first kappa shape index (κ1) is 25.1. The van der Waals surface area contributed by atoms with E-state index in [1.807, 2.05) is 0 Å². The zero-order valence-corrected chi connectivity index (χ0v) is 21.3. The third kappa shape index (κ3) is 7.00. The van der Waals surface area contributed by atoms with Crippen LogP contribution in [-0.2, 0) is 14.3 Å². The Kier molecular flexibility index (Phi) is 9.32. The second-order valence-electron chi connectivity index (χ2n) is 10.6. The standard InChI is InChI=1S/C29H44N2O3/c1-3-30(20-25-14-16-31(17-15-25)29(32)26-12-8-5-9-13-26)23(2)18-27-21-33-22-28(34-27)19-24-10-6-4-7-11-24/h4,6,10,21-23,25-26H,3,5,7-9,11-20H2,1-2H3. The van der Waals surface area contributed by atoms with E-state index in [0.29, 0.717) is 23.8 Å². The number of nitrogens with zero attached hydrogens (tertiary/aromatic N) is 2. The van der Waals surface area contributed by atoms with Crippen LogP contribution in [0.5, 0.6) is 0 Å². The van der Waals surface area contributed by atoms with Gasteiger partial charge in [0.1, 0.15) is 24.0 Å². The summed E-state index contributed by atoms with van der Waals surface area (Å²) in [5.74, 6) is 3.22.